The Morgan fingerprint density at radius 2 is 1.57 bits per heavy atom. The first-order valence-corrected chi connectivity index (χ1v) is 10.6. The molecule has 2 amide bonds. The van der Waals surface area contributed by atoms with E-state index in [4.69, 9.17) is 0 Å². The second-order valence-corrected chi connectivity index (χ2v) is 7.88. The quantitative estimate of drug-likeness (QED) is 0.655. The maximum atomic E-state index is 12.5. The van der Waals surface area contributed by atoms with Crippen molar-refractivity contribution in [2.75, 3.05) is 32.7 Å². The number of amides is 2. The van der Waals surface area contributed by atoms with Crippen molar-refractivity contribution in [3.63, 3.8) is 0 Å². The Labute approximate surface area is 177 Å². The van der Waals surface area contributed by atoms with Gasteiger partial charge in [-0.25, -0.2) is 0 Å². The van der Waals surface area contributed by atoms with Gasteiger partial charge in [-0.05, 0) is 16.3 Å². The van der Waals surface area contributed by atoms with Crippen LogP contribution in [0, 0.1) is 0 Å². The molecule has 0 aliphatic carbocycles. The van der Waals surface area contributed by atoms with Gasteiger partial charge in [0.15, 0.2) is 0 Å². The number of hydrogen-bond donors (Lipinski definition) is 2. The van der Waals surface area contributed by atoms with Crippen molar-refractivity contribution in [2.24, 2.45) is 0 Å². The molecule has 0 spiro atoms. The summed E-state index contributed by atoms with van der Waals surface area (Å²) >= 11 is 0. The van der Waals surface area contributed by atoms with Crippen LogP contribution in [0.25, 0.3) is 10.8 Å². The Hall–Kier alpha value is -3.18. The summed E-state index contributed by atoms with van der Waals surface area (Å²) < 4.78 is 0. The number of hydrogen-bond acceptors (Lipinski definition) is 2. The summed E-state index contributed by atoms with van der Waals surface area (Å²) in [5.74, 6) is -0.115. The number of benzene rings is 3. The molecule has 0 aromatic heterocycles. The molecule has 1 saturated heterocycles. The van der Waals surface area contributed by atoms with Crippen LogP contribution in [0.15, 0.2) is 72.8 Å². The van der Waals surface area contributed by atoms with Crippen molar-refractivity contribution in [1.29, 1.82) is 0 Å². The van der Waals surface area contributed by atoms with Gasteiger partial charge in [-0.1, -0.05) is 72.8 Å². The molecule has 3 aromatic carbocycles. The fourth-order valence-electron chi connectivity index (χ4n) is 4.09. The molecule has 0 radical (unpaired) electrons. The van der Waals surface area contributed by atoms with Crippen LogP contribution < -0.4 is 10.2 Å². The van der Waals surface area contributed by atoms with E-state index in [-0.39, 0.29) is 18.4 Å². The first kappa shape index (κ1) is 20.1. The molecular weight excluding hydrogens is 374 g/mol. The maximum absolute atomic E-state index is 12.5. The van der Waals surface area contributed by atoms with Crippen molar-refractivity contribution >= 4 is 22.6 Å². The predicted octanol–water partition coefficient (Wildman–Crippen LogP) is 1.43. The van der Waals surface area contributed by atoms with Crippen molar-refractivity contribution in [1.82, 2.24) is 10.2 Å². The van der Waals surface area contributed by atoms with Crippen molar-refractivity contribution in [2.45, 2.75) is 13.0 Å². The van der Waals surface area contributed by atoms with Crippen molar-refractivity contribution in [3.8, 4) is 0 Å². The highest BCUT2D eigenvalue weighted by Crippen LogP contribution is 2.17. The molecule has 5 nitrogen and oxygen atoms in total. The number of piperazine rings is 1. The molecule has 0 atom stereocenters. The molecule has 1 aliphatic heterocycles. The van der Waals surface area contributed by atoms with Crippen LogP contribution in [-0.4, -0.2) is 49.4 Å². The normalized spacial score (nSPS) is 14.6. The second kappa shape index (κ2) is 9.55. The SMILES string of the molecule is O=C(Cc1ccccc1)NCC(=O)N1CC[NH+](Cc2cccc3ccccc23)CC1. The van der Waals surface area contributed by atoms with E-state index < -0.39 is 0 Å². The van der Waals surface area contributed by atoms with Crippen LogP contribution >= 0.6 is 0 Å². The fourth-order valence-corrected chi connectivity index (χ4v) is 4.09. The molecule has 1 aliphatic rings. The third-order valence-electron chi connectivity index (χ3n) is 5.79. The summed E-state index contributed by atoms with van der Waals surface area (Å²) in [4.78, 5) is 27.9. The van der Waals surface area contributed by atoms with E-state index >= 15 is 0 Å². The number of nitrogens with one attached hydrogen (secondary N) is 2. The highest BCUT2D eigenvalue weighted by Gasteiger charge is 2.24. The van der Waals surface area contributed by atoms with Gasteiger partial charge in [0.1, 0.15) is 6.54 Å². The van der Waals surface area contributed by atoms with Crippen molar-refractivity contribution in [3.05, 3.63) is 83.9 Å². The molecule has 30 heavy (non-hydrogen) atoms. The molecule has 1 fully saturated rings. The van der Waals surface area contributed by atoms with E-state index in [0.29, 0.717) is 6.42 Å². The monoisotopic (exact) mass is 402 g/mol. The van der Waals surface area contributed by atoms with Crippen LogP contribution in [0.3, 0.4) is 0 Å². The first-order valence-electron chi connectivity index (χ1n) is 10.6. The van der Waals surface area contributed by atoms with E-state index in [2.05, 4.69) is 47.8 Å². The standard InChI is InChI=1S/C25H27N3O2/c29-24(17-20-7-2-1-3-8-20)26-18-25(30)28-15-13-27(14-16-28)19-22-11-6-10-21-9-4-5-12-23(21)22/h1-12H,13-19H2,(H,26,29)/p+1. The van der Waals surface area contributed by atoms with Crippen LogP contribution in [0.4, 0.5) is 0 Å². The van der Waals surface area contributed by atoms with E-state index in [1.165, 1.54) is 21.2 Å². The third-order valence-corrected chi connectivity index (χ3v) is 5.79. The van der Waals surface area contributed by atoms with Gasteiger partial charge in [0.05, 0.1) is 39.1 Å². The Kier molecular flexibility index (Phi) is 6.40. The minimum Gasteiger partial charge on any atom is -0.347 e. The van der Waals surface area contributed by atoms with Crippen LogP contribution in [0.1, 0.15) is 11.1 Å². The Morgan fingerprint density at radius 1 is 0.867 bits per heavy atom. The number of fused-ring (bicyclic) bond motifs is 1. The second-order valence-electron chi connectivity index (χ2n) is 7.88. The molecule has 0 unspecified atom stereocenters. The van der Waals surface area contributed by atoms with Gasteiger partial charge in [-0.15, -0.1) is 0 Å². The highest BCUT2D eigenvalue weighted by molar-refractivity contribution is 5.86. The molecule has 0 saturated carbocycles. The molecular formula is C25H28N3O2+. The summed E-state index contributed by atoms with van der Waals surface area (Å²) in [6.45, 7) is 4.35. The zero-order valence-electron chi connectivity index (χ0n) is 17.1. The summed E-state index contributed by atoms with van der Waals surface area (Å²) in [6, 6.07) is 24.5. The molecule has 3 aromatic rings. The average Bonchev–Trinajstić information content (AvgIpc) is 2.79. The summed E-state index contributed by atoms with van der Waals surface area (Å²) in [7, 11) is 0. The van der Waals surface area contributed by atoms with E-state index in [1.807, 2.05) is 35.2 Å². The molecule has 5 heteroatoms. The molecule has 1 heterocycles. The highest BCUT2D eigenvalue weighted by atomic mass is 16.2. The predicted molar refractivity (Wildman–Crippen MR) is 118 cm³/mol. The molecule has 0 bridgehead atoms. The van der Waals surface area contributed by atoms with Gasteiger partial charge >= 0.3 is 0 Å². The molecule has 2 N–H and O–H groups in total. The van der Waals surface area contributed by atoms with Gasteiger partial charge < -0.3 is 15.1 Å². The number of rotatable bonds is 6. The molecule has 154 valence electrons. The minimum atomic E-state index is -0.116. The van der Waals surface area contributed by atoms with Gasteiger partial charge in [0, 0.05) is 5.56 Å². The van der Waals surface area contributed by atoms with Crippen LogP contribution in [-0.2, 0) is 22.6 Å². The maximum Gasteiger partial charge on any atom is 0.242 e. The number of nitrogens with zero attached hydrogens (tertiary/aromatic N) is 1. The van der Waals surface area contributed by atoms with Gasteiger partial charge in [0.25, 0.3) is 0 Å². The summed E-state index contributed by atoms with van der Waals surface area (Å²) in [6.07, 6.45) is 0.303. The largest absolute Gasteiger partial charge is 0.347 e. The molecule has 4 rings (SSSR count). The number of quaternary nitrogens is 1. The summed E-state index contributed by atoms with van der Waals surface area (Å²) in [5.41, 5.74) is 2.31. The lowest BCUT2D eigenvalue weighted by Crippen LogP contribution is -3.13. The lowest BCUT2D eigenvalue weighted by molar-refractivity contribution is -0.917. The van der Waals surface area contributed by atoms with Gasteiger partial charge in [-0.3, -0.25) is 9.59 Å². The number of carbonyl (C=O) groups is 2. The van der Waals surface area contributed by atoms with Crippen LogP contribution in [0.2, 0.25) is 0 Å². The Balaban J connectivity index is 1.24. The van der Waals surface area contributed by atoms with E-state index in [1.54, 1.807) is 0 Å². The Morgan fingerprint density at radius 3 is 2.37 bits per heavy atom. The average molecular weight is 403 g/mol. The van der Waals surface area contributed by atoms with Crippen LogP contribution in [0.5, 0.6) is 0 Å². The lowest BCUT2D eigenvalue weighted by atomic mass is 10.0. The topological polar surface area (TPSA) is 53.9 Å². The third kappa shape index (κ3) is 5.05. The zero-order chi connectivity index (χ0) is 20.8. The van der Waals surface area contributed by atoms with Crippen molar-refractivity contribution < 1.29 is 14.5 Å². The Bertz CT molecular complexity index is 1010. The summed E-state index contributed by atoms with van der Waals surface area (Å²) in [5, 5.41) is 5.35. The fraction of sp³-hybridized carbons (Fsp3) is 0.280. The number of carbonyl (C=O) groups excluding carboxylic acids is 2. The first-order chi connectivity index (χ1) is 14.7. The van der Waals surface area contributed by atoms with Gasteiger partial charge in [-0.2, -0.15) is 0 Å². The smallest absolute Gasteiger partial charge is 0.242 e. The van der Waals surface area contributed by atoms with E-state index in [0.717, 1.165) is 38.3 Å². The van der Waals surface area contributed by atoms with Gasteiger partial charge in [0.2, 0.25) is 11.8 Å². The lowest BCUT2D eigenvalue weighted by Gasteiger charge is -2.32. The van der Waals surface area contributed by atoms with E-state index in [9.17, 15) is 9.59 Å². The zero-order valence-corrected chi connectivity index (χ0v) is 17.1. The minimum absolute atomic E-state index is 0.000576.